The number of amidine groups is 1. The highest BCUT2D eigenvalue weighted by Crippen LogP contribution is 2.30. The van der Waals surface area contributed by atoms with Crippen LogP contribution in [0.2, 0.25) is 0 Å². The molecule has 22 heavy (non-hydrogen) atoms. The summed E-state index contributed by atoms with van der Waals surface area (Å²) < 4.78 is 36.3. The Hall–Kier alpha value is -2.55. The first-order chi connectivity index (χ1) is 10.4. The molecule has 1 aliphatic heterocycles. The number of fused-ring (bicyclic) bond motifs is 1. The van der Waals surface area contributed by atoms with Crippen LogP contribution in [0.1, 0.15) is 17.0 Å². The Morgan fingerprint density at radius 3 is 2.86 bits per heavy atom. The third-order valence-corrected chi connectivity index (χ3v) is 4.13. The smallest absolute Gasteiger partial charge is 0.344 e. The van der Waals surface area contributed by atoms with Gasteiger partial charge in [0.1, 0.15) is 12.4 Å². The lowest BCUT2D eigenvalue weighted by Gasteiger charge is -2.19. The summed E-state index contributed by atoms with van der Waals surface area (Å²) >= 11 is 0. The van der Waals surface area contributed by atoms with Crippen LogP contribution in [0, 0.1) is 6.92 Å². The number of aryl methyl sites for hydroxylation is 2. The minimum absolute atomic E-state index is 0.0921. The summed E-state index contributed by atoms with van der Waals surface area (Å²) in [7, 11) is -1.96. The fourth-order valence-electron chi connectivity index (χ4n) is 2.29. The quantitative estimate of drug-likeness (QED) is 0.863. The molecule has 9 heteroatoms. The first kappa shape index (κ1) is 14.4. The van der Waals surface area contributed by atoms with E-state index in [0.29, 0.717) is 17.0 Å². The zero-order chi connectivity index (χ0) is 15.9. The number of hydrogen-bond acceptors (Lipinski definition) is 5. The molecule has 8 nitrogen and oxygen atoms in total. The van der Waals surface area contributed by atoms with Crippen LogP contribution in [-0.4, -0.2) is 24.0 Å². The molecular formula is C13H15N5O3S. The van der Waals surface area contributed by atoms with Crippen LogP contribution < -0.4 is 15.2 Å². The van der Waals surface area contributed by atoms with E-state index in [9.17, 15) is 8.42 Å². The van der Waals surface area contributed by atoms with Gasteiger partial charge in [-0.1, -0.05) is 6.07 Å². The Morgan fingerprint density at radius 1 is 1.41 bits per heavy atom. The summed E-state index contributed by atoms with van der Waals surface area (Å²) in [6.45, 7) is 2.18. The van der Waals surface area contributed by atoms with Crippen molar-refractivity contribution < 1.29 is 13.2 Å². The Labute approximate surface area is 127 Å². The number of nitrogens with zero attached hydrogens (tertiary/aromatic N) is 3. The number of hydrogen-bond donors (Lipinski definition) is 2. The Kier molecular flexibility index (Phi) is 3.28. The highest BCUT2D eigenvalue weighted by atomic mass is 32.2. The van der Waals surface area contributed by atoms with Crippen molar-refractivity contribution in [1.29, 1.82) is 0 Å². The molecule has 0 saturated heterocycles. The molecule has 0 aliphatic carbocycles. The zero-order valence-electron chi connectivity index (χ0n) is 12.1. The van der Waals surface area contributed by atoms with Gasteiger partial charge in [-0.25, -0.2) is 0 Å². The largest absolute Gasteiger partial charge is 0.486 e. The van der Waals surface area contributed by atoms with Crippen LogP contribution in [0.25, 0.3) is 0 Å². The van der Waals surface area contributed by atoms with Crippen molar-refractivity contribution in [3.05, 3.63) is 41.2 Å². The molecule has 3 N–H and O–H groups in total. The molecule has 0 fully saturated rings. The van der Waals surface area contributed by atoms with Gasteiger partial charge in [0.25, 0.3) is 0 Å². The van der Waals surface area contributed by atoms with Gasteiger partial charge in [0.15, 0.2) is 5.84 Å². The molecule has 1 aromatic heterocycles. The zero-order valence-corrected chi connectivity index (χ0v) is 12.9. The van der Waals surface area contributed by atoms with Crippen molar-refractivity contribution in [2.45, 2.75) is 13.5 Å². The average molecular weight is 321 g/mol. The van der Waals surface area contributed by atoms with E-state index in [1.54, 1.807) is 22.9 Å². The van der Waals surface area contributed by atoms with Gasteiger partial charge in [0.2, 0.25) is 0 Å². The maximum absolute atomic E-state index is 11.5. The van der Waals surface area contributed by atoms with E-state index in [2.05, 4.69) is 14.2 Å². The summed E-state index contributed by atoms with van der Waals surface area (Å²) in [5.74, 6) is 0.366. The number of anilines is 1. The Morgan fingerprint density at radius 2 is 2.18 bits per heavy atom. The Bertz CT molecular complexity index is 870. The first-order valence-electron chi connectivity index (χ1n) is 6.49. The molecule has 0 spiro atoms. The second-order valence-electron chi connectivity index (χ2n) is 4.92. The van der Waals surface area contributed by atoms with Crippen LogP contribution in [0.5, 0.6) is 5.75 Å². The van der Waals surface area contributed by atoms with Crippen LogP contribution >= 0.6 is 0 Å². The molecule has 0 amide bonds. The molecule has 0 radical (unpaired) electrons. The highest BCUT2D eigenvalue weighted by Gasteiger charge is 2.24. The lowest BCUT2D eigenvalue weighted by molar-refractivity contribution is 0.294. The second kappa shape index (κ2) is 5.02. The number of aromatic nitrogens is 2. The number of ether oxygens (including phenoxy) is 1. The van der Waals surface area contributed by atoms with Gasteiger partial charge in [-0.3, -0.25) is 9.40 Å². The molecule has 0 bridgehead atoms. The van der Waals surface area contributed by atoms with E-state index in [-0.39, 0.29) is 12.4 Å². The molecule has 0 saturated carbocycles. The molecule has 0 unspecified atom stereocenters. The third kappa shape index (κ3) is 2.62. The monoisotopic (exact) mass is 321 g/mol. The van der Waals surface area contributed by atoms with E-state index in [1.807, 2.05) is 20.0 Å². The molecule has 2 heterocycles. The minimum Gasteiger partial charge on any atom is -0.486 e. The highest BCUT2D eigenvalue weighted by molar-refractivity contribution is 7.91. The van der Waals surface area contributed by atoms with E-state index in [4.69, 9.17) is 10.5 Å². The number of benzene rings is 1. The molecule has 116 valence electrons. The summed E-state index contributed by atoms with van der Waals surface area (Å²) in [6, 6.07) is 6.92. The lowest BCUT2D eigenvalue weighted by atomic mass is 10.1. The van der Waals surface area contributed by atoms with E-state index in [1.165, 1.54) is 0 Å². The van der Waals surface area contributed by atoms with E-state index < -0.39 is 10.2 Å². The summed E-state index contributed by atoms with van der Waals surface area (Å²) in [6.07, 6.45) is 0. The molecule has 1 aliphatic rings. The fourth-order valence-corrected chi connectivity index (χ4v) is 3.13. The molecular weight excluding hydrogens is 306 g/mol. The second-order valence-corrected chi connectivity index (χ2v) is 6.26. The summed E-state index contributed by atoms with van der Waals surface area (Å²) in [4.78, 5) is 0. The predicted octanol–water partition coefficient (Wildman–Crippen LogP) is 0.683. The van der Waals surface area contributed by atoms with Gasteiger partial charge < -0.3 is 10.5 Å². The summed E-state index contributed by atoms with van der Waals surface area (Å²) in [5, 5.41) is 4.24. The first-order valence-corrected chi connectivity index (χ1v) is 7.93. The van der Waals surface area contributed by atoms with Gasteiger partial charge >= 0.3 is 10.2 Å². The standard InChI is InChI=1S/C13H15N5O3S/c1-8-6-9(18(2)15-8)7-21-11-5-3-4-10-12(11)13(14)17-22(19,20)16-10/h3-6,16H,7H2,1-2H3,(H2,14,17). The SMILES string of the molecule is Cc1cc(COc2cccc3c2C(N)=NS(=O)(=O)N3)n(C)n1. The van der Waals surface area contributed by atoms with Crippen molar-refractivity contribution in [2.24, 2.45) is 17.2 Å². The van der Waals surface area contributed by atoms with Crippen LogP contribution in [0.15, 0.2) is 28.7 Å². The maximum atomic E-state index is 11.5. The van der Waals surface area contributed by atoms with Crippen LogP contribution in [-0.2, 0) is 23.9 Å². The molecule has 1 aromatic carbocycles. The predicted molar refractivity (Wildman–Crippen MR) is 82.0 cm³/mol. The van der Waals surface area contributed by atoms with E-state index in [0.717, 1.165) is 11.4 Å². The average Bonchev–Trinajstić information content (AvgIpc) is 2.72. The number of nitrogens with one attached hydrogen (secondary N) is 1. The van der Waals surface area contributed by atoms with E-state index >= 15 is 0 Å². The molecule has 2 aromatic rings. The fraction of sp³-hybridized carbons (Fsp3) is 0.231. The van der Waals surface area contributed by atoms with Gasteiger partial charge in [0, 0.05) is 7.05 Å². The Balaban J connectivity index is 1.92. The molecule has 3 rings (SSSR count). The van der Waals surface area contributed by atoms with Gasteiger partial charge in [0.05, 0.1) is 22.6 Å². The summed E-state index contributed by atoms with van der Waals surface area (Å²) in [5.41, 5.74) is 8.34. The van der Waals surface area contributed by atoms with Gasteiger partial charge in [-0.15, -0.1) is 4.40 Å². The maximum Gasteiger partial charge on any atom is 0.344 e. The van der Waals surface area contributed by atoms with Crippen molar-refractivity contribution in [2.75, 3.05) is 4.72 Å². The normalized spacial score (nSPS) is 15.6. The van der Waals surface area contributed by atoms with Crippen LogP contribution in [0.4, 0.5) is 5.69 Å². The number of rotatable bonds is 3. The van der Waals surface area contributed by atoms with Crippen molar-refractivity contribution in [3.63, 3.8) is 0 Å². The van der Waals surface area contributed by atoms with Crippen molar-refractivity contribution in [3.8, 4) is 5.75 Å². The minimum atomic E-state index is -3.79. The number of nitrogens with two attached hydrogens (primary N) is 1. The van der Waals surface area contributed by atoms with Gasteiger partial charge in [-0.05, 0) is 25.1 Å². The van der Waals surface area contributed by atoms with Gasteiger partial charge in [-0.2, -0.15) is 13.5 Å². The lowest BCUT2D eigenvalue weighted by Crippen LogP contribution is -2.27. The topological polar surface area (TPSA) is 112 Å². The molecule has 0 atom stereocenters. The van der Waals surface area contributed by atoms with Crippen LogP contribution in [0.3, 0.4) is 0 Å². The van der Waals surface area contributed by atoms with Crippen molar-refractivity contribution in [1.82, 2.24) is 9.78 Å². The van der Waals surface area contributed by atoms with Crippen molar-refractivity contribution >= 4 is 21.7 Å². The third-order valence-electron chi connectivity index (χ3n) is 3.21.